The second-order valence-electron chi connectivity index (χ2n) is 6.96. The molecular formula is C22H21N5O2S. The van der Waals surface area contributed by atoms with Gasteiger partial charge in [-0.3, -0.25) is 9.59 Å². The molecule has 2 aromatic carbocycles. The average Bonchev–Trinajstić information content (AvgIpc) is 3.14. The summed E-state index contributed by atoms with van der Waals surface area (Å²) in [6.07, 6.45) is 4.15. The number of rotatable bonds is 5. The van der Waals surface area contributed by atoms with Gasteiger partial charge in [0.1, 0.15) is 5.71 Å². The normalized spacial score (nSPS) is 13.9. The summed E-state index contributed by atoms with van der Waals surface area (Å²) in [5, 5.41) is 9.44. The van der Waals surface area contributed by atoms with Crippen LogP contribution in [0.3, 0.4) is 0 Å². The van der Waals surface area contributed by atoms with Crippen LogP contribution < -0.4 is 10.3 Å². The number of nitrogens with zero attached hydrogens (tertiary/aromatic N) is 4. The number of carbonyl (C=O) groups excluding carboxylic acids is 2. The number of carbonyl (C=O) groups is 2. The molecule has 0 bridgehead atoms. The van der Waals surface area contributed by atoms with E-state index in [0.29, 0.717) is 23.5 Å². The quantitative estimate of drug-likeness (QED) is 0.678. The summed E-state index contributed by atoms with van der Waals surface area (Å²) in [5.74, 6) is -0.434. The summed E-state index contributed by atoms with van der Waals surface area (Å²) in [7, 11) is 1.92. The first-order valence-corrected chi connectivity index (χ1v) is 10.4. The van der Waals surface area contributed by atoms with Crippen molar-refractivity contribution < 1.29 is 9.59 Å². The predicted molar refractivity (Wildman–Crippen MR) is 118 cm³/mol. The van der Waals surface area contributed by atoms with Crippen molar-refractivity contribution in [3.8, 4) is 0 Å². The lowest BCUT2D eigenvalue weighted by Gasteiger charge is -2.23. The van der Waals surface area contributed by atoms with Gasteiger partial charge in [-0.05, 0) is 48.5 Å². The summed E-state index contributed by atoms with van der Waals surface area (Å²) in [5.41, 5.74) is 2.69. The van der Waals surface area contributed by atoms with Gasteiger partial charge in [-0.1, -0.05) is 24.3 Å². The fourth-order valence-electron chi connectivity index (χ4n) is 3.08. The Bertz CT molecular complexity index is 1140. The molecule has 4 rings (SSSR count). The van der Waals surface area contributed by atoms with Crippen LogP contribution in [0.1, 0.15) is 18.4 Å². The lowest BCUT2D eigenvalue weighted by molar-refractivity contribution is -0.118. The van der Waals surface area contributed by atoms with Crippen LogP contribution in [0.15, 0.2) is 76.1 Å². The molecule has 0 saturated heterocycles. The minimum atomic E-state index is -0.312. The van der Waals surface area contributed by atoms with E-state index in [1.807, 2.05) is 73.3 Å². The molecule has 1 N–H and O–H groups in total. The number of aromatic nitrogens is 2. The number of anilines is 2. The van der Waals surface area contributed by atoms with E-state index in [-0.39, 0.29) is 18.2 Å². The van der Waals surface area contributed by atoms with Gasteiger partial charge < -0.3 is 9.88 Å². The molecule has 30 heavy (non-hydrogen) atoms. The van der Waals surface area contributed by atoms with Crippen LogP contribution in [0.5, 0.6) is 0 Å². The van der Waals surface area contributed by atoms with Crippen molar-refractivity contribution in [1.29, 1.82) is 0 Å². The van der Waals surface area contributed by atoms with E-state index in [9.17, 15) is 9.59 Å². The summed E-state index contributed by atoms with van der Waals surface area (Å²) >= 11 is 1.47. The van der Waals surface area contributed by atoms with Crippen LogP contribution in [-0.2, 0) is 16.6 Å². The van der Waals surface area contributed by atoms with Crippen LogP contribution >= 0.6 is 11.8 Å². The zero-order valence-corrected chi connectivity index (χ0v) is 17.5. The lowest BCUT2D eigenvalue weighted by atomic mass is 10.1. The molecule has 0 saturated carbocycles. The Balaban J connectivity index is 1.56. The van der Waals surface area contributed by atoms with Crippen molar-refractivity contribution >= 4 is 40.7 Å². The van der Waals surface area contributed by atoms with Crippen LogP contribution in [0.4, 0.5) is 11.4 Å². The number of amides is 2. The minimum absolute atomic E-state index is 0.122. The maximum Gasteiger partial charge on any atom is 0.271 e. The maximum atomic E-state index is 12.9. The summed E-state index contributed by atoms with van der Waals surface area (Å²) < 4.78 is 1.92. The van der Waals surface area contributed by atoms with E-state index < -0.39 is 0 Å². The van der Waals surface area contributed by atoms with Crippen molar-refractivity contribution in [2.24, 2.45) is 12.1 Å². The smallest absolute Gasteiger partial charge is 0.271 e. The van der Waals surface area contributed by atoms with Gasteiger partial charge in [0.05, 0.1) is 11.4 Å². The number of nitrogens with one attached hydrogen (secondary N) is 1. The topological polar surface area (TPSA) is 79.6 Å². The summed E-state index contributed by atoms with van der Waals surface area (Å²) in [4.78, 5) is 30.5. The highest BCUT2D eigenvalue weighted by atomic mass is 32.2. The van der Waals surface area contributed by atoms with E-state index in [4.69, 9.17) is 0 Å². The van der Waals surface area contributed by atoms with E-state index in [1.54, 1.807) is 6.20 Å². The molecule has 7 nitrogen and oxygen atoms in total. The Hall–Kier alpha value is -3.39. The van der Waals surface area contributed by atoms with Gasteiger partial charge in [0.25, 0.3) is 5.91 Å². The molecule has 1 aromatic heterocycles. The molecule has 0 spiro atoms. The SMILES string of the molecule is Cc1cccc(N2N=C(C(=O)Nc3ccccc3Sc3nccn3C)CCC2=O)c1. The third-order valence-electron chi connectivity index (χ3n) is 4.65. The number of imidazole rings is 1. The van der Waals surface area contributed by atoms with Gasteiger partial charge in [0, 0.05) is 37.2 Å². The number of para-hydroxylation sites is 1. The first kappa shape index (κ1) is 19.9. The third kappa shape index (κ3) is 4.28. The first-order chi connectivity index (χ1) is 14.5. The molecule has 2 amide bonds. The second kappa shape index (κ2) is 8.54. The Morgan fingerprint density at radius 3 is 2.73 bits per heavy atom. The molecule has 3 aromatic rings. The Kier molecular flexibility index (Phi) is 5.67. The Morgan fingerprint density at radius 1 is 1.13 bits per heavy atom. The van der Waals surface area contributed by atoms with Crippen molar-refractivity contribution in [1.82, 2.24) is 9.55 Å². The zero-order valence-electron chi connectivity index (χ0n) is 16.7. The van der Waals surface area contributed by atoms with Crippen molar-refractivity contribution in [2.75, 3.05) is 10.3 Å². The maximum absolute atomic E-state index is 12.9. The molecule has 2 heterocycles. The summed E-state index contributed by atoms with van der Waals surface area (Å²) in [6, 6.07) is 15.1. The highest BCUT2D eigenvalue weighted by Gasteiger charge is 2.26. The predicted octanol–water partition coefficient (Wildman–Crippen LogP) is 4.00. The Labute approximate surface area is 178 Å². The van der Waals surface area contributed by atoms with Gasteiger partial charge in [-0.15, -0.1) is 0 Å². The zero-order chi connectivity index (χ0) is 21.1. The van der Waals surface area contributed by atoms with Crippen LogP contribution in [0, 0.1) is 6.92 Å². The van der Waals surface area contributed by atoms with Gasteiger partial charge in [-0.25, -0.2) is 9.99 Å². The van der Waals surface area contributed by atoms with Crippen LogP contribution in [-0.4, -0.2) is 27.1 Å². The number of hydrogen-bond donors (Lipinski definition) is 1. The van der Waals surface area contributed by atoms with E-state index in [0.717, 1.165) is 15.6 Å². The molecule has 0 aliphatic carbocycles. The molecule has 1 aliphatic heterocycles. The van der Waals surface area contributed by atoms with Crippen LogP contribution in [0.25, 0.3) is 0 Å². The minimum Gasteiger partial charge on any atom is -0.329 e. The van der Waals surface area contributed by atoms with Crippen molar-refractivity contribution in [3.05, 3.63) is 66.5 Å². The second-order valence-corrected chi connectivity index (χ2v) is 7.97. The highest BCUT2D eigenvalue weighted by molar-refractivity contribution is 7.99. The molecule has 1 aliphatic rings. The van der Waals surface area contributed by atoms with Gasteiger partial charge in [-0.2, -0.15) is 5.10 Å². The monoisotopic (exact) mass is 419 g/mol. The van der Waals surface area contributed by atoms with Gasteiger partial charge in [0.15, 0.2) is 5.16 Å². The standard InChI is InChI=1S/C22H21N5O2S/c1-15-6-5-7-16(14-15)27-20(28)11-10-18(25-27)21(29)24-17-8-3-4-9-19(17)30-22-23-12-13-26(22)2/h3-9,12-14H,10-11H2,1-2H3,(H,24,29). The fourth-order valence-corrected chi connectivity index (χ4v) is 3.97. The number of hydrogen-bond acceptors (Lipinski definition) is 5. The summed E-state index contributed by atoms with van der Waals surface area (Å²) in [6.45, 7) is 1.95. The van der Waals surface area contributed by atoms with Gasteiger partial charge in [0.2, 0.25) is 5.91 Å². The highest BCUT2D eigenvalue weighted by Crippen LogP contribution is 2.32. The molecule has 0 radical (unpaired) electrons. The Morgan fingerprint density at radius 2 is 1.97 bits per heavy atom. The fraction of sp³-hybridized carbons (Fsp3) is 0.182. The number of aryl methyl sites for hydroxylation is 2. The molecule has 0 unspecified atom stereocenters. The number of hydrazone groups is 1. The number of benzene rings is 2. The van der Waals surface area contributed by atoms with E-state index in [1.165, 1.54) is 16.8 Å². The van der Waals surface area contributed by atoms with Crippen molar-refractivity contribution in [2.45, 2.75) is 29.8 Å². The molecule has 0 fully saturated rings. The largest absolute Gasteiger partial charge is 0.329 e. The van der Waals surface area contributed by atoms with Crippen LogP contribution in [0.2, 0.25) is 0 Å². The molecule has 8 heteroatoms. The molecule has 0 atom stereocenters. The van der Waals surface area contributed by atoms with Gasteiger partial charge >= 0.3 is 0 Å². The van der Waals surface area contributed by atoms with E-state index >= 15 is 0 Å². The first-order valence-electron chi connectivity index (χ1n) is 9.54. The average molecular weight is 420 g/mol. The molecule has 152 valence electrons. The third-order valence-corrected chi connectivity index (χ3v) is 5.81. The molecular weight excluding hydrogens is 398 g/mol. The van der Waals surface area contributed by atoms with Crippen molar-refractivity contribution in [3.63, 3.8) is 0 Å². The lowest BCUT2D eigenvalue weighted by Crippen LogP contribution is -2.36. The van der Waals surface area contributed by atoms with E-state index in [2.05, 4.69) is 15.4 Å².